The number of hydrogen-bond donors (Lipinski definition) is 1. The lowest BCUT2D eigenvalue weighted by Crippen LogP contribution is -2.33. The minimum absolute atomic E-state index is 0.836. The zero-order valence-electron chi connectivity index (χ0n) is 11.5. The molecule has 0 heterocycles. The number of nitrogens with two attached hydrogens (primary N) is 1. The van der Waals surface area contributed by atoms with E-state index in [1.165, 1.54) is 11.3 Å². The third-order valence-corrected chi connectivity index (χ3v) is 3.28. The van der Waals surface area contributed by atoms with Crippen LogP contribution in [0.25, 0.3) is 0 Å². The average molecular weight is 235 g/mol. The highest BCUT2D eigenvalue weighted by atomic mass is 15.2. The maximum absolute atomic E-state index is 5.77. The van der Waals surface area contributed by atoms with Gasteiger partial charge in [0.05, 0.1) is 0 Å². The van der Waals surface area contributed by atoms with Gasteiger partial charge >= 0.3 is 0 Å². The molecule has 3 nitrogen and oxygen atoms in total. The Kier molecular flexibility index (Phi) is 5.29. The van der Waals surface area contributed by atoms with Crippen LogP contribution in [-0.4, -0.2) is 38.1 Å². The first-order valence-corrected chi connectivity index (χ1v) is 6.38. The van der Waals surface area contributed by atoms with Crippen molar-refractivity contribution >= 4 is 11.4 Å². The fraction of sp³-hybridized carbons (Fsp3) is 0.571. The topological polar surface area (TPSA) is 32.5 Å². The Morgan fingerprint density at radius 2 is 1.76 bits per heavy atom. The molecule has 0 bridgehead atoms. The maximum Gasteiger partial charge on any atom is 0.0395 e. The second-order valence-corrected chi connectivity index (χ2v) is 4.49. The van der Waals surface area contributed by atoms with Crippen LogP contribution < -0.4 is 10.6 Å². The standard InChI is InChI=1S/C14H25N3/c1-5-17(6-2)10-9-16(4)14-8-7-13(15)11-12(14)3/h7-8,11H,5-6,9-10,15H2,1-4H3. The van der Waals surface area contributed by atoms with E-state index in [1.807, 2.05) is 12.1 Å². The van der Waals surface area contributed by atoms with Crippen LogP contribution >= 0.6 is 0 Å². The van der Waals surface area contributed by atoms with Gasteiger partial charge in [-0.2, -0.15) is 0 Å². The Balaban J connectivity index is 2.60. The molecule has 0 amide bonds. The van der Waals surface area contributed by atoms with Gasteiger partial charge in [0.2, 0.25) is 0 Å². The number of nitrogens with zero attached hydrogens (tertiary/aromatic N) is 2. The number of rotatable bonds is 6. The third-order valence-electron chi connectivity index (χ3n) is 3.28. The molecule has 17 heavy (non-hydrogen) atoms. The van der Waals surface area contributed by atoms with Crippen molar-refractivity contribution in [2.24, 2.45) is 0 Å². The van der Waals surface area contributed by atoms with Crippen molar-refractivity contribution < 1.29 is 0 Å². The summed E-state index contributed by atoms with van der Waals surface area (Å²) in [6, 6.07) is 6.10. The molecule has 2 N–H and O–H groups in total. The molecule has 1 aromatic rings. The molecule has 0 aromatic heterocycles. The summed E-state index contributed by atoms with van der Waals surface area (Å²) in [7, 11) is 2.14. The van der Waals surface area contributed by atoms with Crippen LogP contribution in [0.5, 0.6) is 0 Å². The molecule has 3 heteroatoms. The number of hydrogen-bond acceptors (Lipinski definition) is 3. The molecule has 0 spiro atoms. The van der Waals surface area contributed by atoms with Gasteiger partial charge in [-0.25, -0.2) is 0 Å². The first-order valence-electron chi connectivity index (χ1n) is 6.38. The molecule has 0 saturated heterocycles. The number of likely N-dealkylation sites (N-methyl/N-ethyl adjacent to an activating group) is 2. The van der Waals surface area contributed by atoms with E-state index in [2.05, 4.69) is 43.7 Å². The van der Waals surface area contributed by atoms with Gasteiger partial charge in [-0.1, -0.05) is 13.8 Å². The van der Waals surface area contributed by atoms with Crippen LogP contribution in [0.1, 0.15) is 19.4 Å². The summed E-state index contributed by atoms with van der Waals surface area (Å²) in [5, 5.41) is 0. The molecule has 1 rings (SSSR count). The quantitative estimate of drug-likeness (QED) is 0.768. The lowest BCUT2D eigenvalue weighted by molar-refractivity contribution is 0.311. The summed E-state index contributed by atoms with van der Waals surface area (Å²) in [4.78, 5) is 4.73. The molecule has 1 aromatic carbocycles. The summed E-state index contributed by atoms with van der Waals surface area (Å²) >= 11 is 0. The molecular formula is C14H25N3. The fourth-order valence-electron chi connectivity index (χ4n) is 2.06. The molecule has 0 atom stereocenters. The molecule has 0 aliphatic carbocycles. The van der Waals surface area contributed by atoms with Crippen molar-refractivity contribution in [3.8, 4) is 0 Å². The van der Waals surface area contributed by atoms with Crippen LogP contribution in [0.3, 0.4) is 0 Å². The van der Waals surface area contributed by atoms with Gasteiger partial charge in [-0.15, -0.1) is 0 Å². The van der Waals surface area contributed by atoms with E-state index in [0.29, 0.717) is 0 Å². The van der Waals surface area contributed by atoms with Crippen LogP contribution in [0.15, 0.2) is 18.2 Å². The highest BCUT2D eigenvalue weighted by Gasteiger charge is 2.06. The van der Waals surface area contributed by atoms with E-state index in [4.69, 9.17) is 5.73 Å². The average Bonchev–Trinajstić information content (AvgIpc) is 2.30. The largest absolute Gasteiger partial charge is 0.399 e. The Morgan fingerprint density at radius 1 is 1.12 bits per heavy atom. The van der Waals surface area contributed by atoms with Gasteiger partial charge in [0, 0.05) is 31.5 Å². The van der Waals surface area contributed by atoms with E-state index in [9.17, 15) is 0 Å². The first kappa shape index (κ1) is 13.8. The Morgan fingerprint density at radius 3 is 2.29 bits per heavy atom. The number of nitrogen functional groups attached to an aromatic ring is 1. The second-order valence-electron chi connectivity index (χ2n) is 4.49. The summed E-state index contributed by atoms with van der Waals surface area (Å²) < 4.78 is 0. The van der Waals surface area contributed by atoms with Gasteiger partial charge < -0.3 is 15.5 Å². The van der Waals surface area contributed by atoms with Gasteiger partial charge in [-0.3, -0.25) is 0 Å². The monoisotopic (exact) mass is 235 g/mol. The normalized spacial score (nSPS) is 10.9. The summed E-state index contributed by atoms with van der Waals surface area (Å²) in [6.45, 7) is 10.9. The van der Waals surface area contributed by atoms with E-state index >= 15 is 0 Å². The smallest absolute Gasteiger partial charge is 0.0395 e. The molecule has 0 radical (unpaired) electrons. The SMILES string of the molecule is CCN(CC)CCN(C)c1ccc(N)cc1C. The summed E-state index contributed by atoms with van der Waals surface area (Å²) in [5.74, 6) is 0. The van der Waals surface area contributed by atoms with Gasteiger partial charge in [0.15, 0.2) is 0 Å². The number of anilines is 2. The van der Waals surface area contributed by atoms with E-state index in [-0.39, 0.29) is 0 Å². The molecule has 96 valence electrons. The summed E-state index contributed by atoms with van der Waals surface area (Å²) in [5.41, 5.74) is 9.12. The van der Waals surface area contributed by atoms with Crippen LogP contribution in [0.2, 0.25) is 0 Å². The van der Waals surface area contributed by atoms with Crippen molar-refractivity contribution in [1.29, 1.82) is 0 Å². The van der Waals surface area contributed by atoms with E-state index in [0.717, 1.165) is 31.9 Å². The molecule has 0 aliphatic heterocycles. The lowest BCUT2D eigenvalue weighted by atomic mass is 10.1. The van der Waals surface area contributed by atoms with E-state index < -0.39 is 0 Å². The first-order chi connectivity index (χ1) is 8.08. The maximum atomic E-state index is 5.77. The minimum atomic E-state index is 0.836. The van der Waals surface area contributed by atoms with Gasteiger partial charge in [-0.05, 0) is 43.8 Å². The van der Waals surface area contributed by atoms with Gasteiger partial charge in [0.25, 0.3) is 0 Å². The van der Waals surface area contributed by atoms with Crippen molar-refractivity contribution in [2.75, 3.05) is 43.9 Å². The minimum Gasteiger partial charge on any atom is -0.399 e. The highest BCUT2D eigenvalue weighted by molar-refractivity contribution is 5.58. The van der Waals surface area contributed by atoms with Crippen molar-refractivity contribution in [2.45, 2.75) is 20.8 Å². The van der Waals surface area contributed by atoms with Crippen molar-refractivity contribution in [1.82, 2.24) is 4.90 Å². The molecule has 0 unspecified atom stereocenters. The summed E-state index contributed by atoms with van der Waals surface area (Å²) in [6.07, 6.45) is 0. The van der Waals surface area contributed by atoms with Crippen molar-refractivity contribution in [3.05, 3.63) is 23.8 Å². The third kappa shape index (κ3) is 3.93. The Bertz CT molecular complexity index is 345. The fourth-order valence-corrected chi connectivity index (χ4v) is 2.06. The number of benzene rings is 1. The second kappa shape index (κ2) is 6.50. The molecule has 0 aliphatic rings. The number of aryl methyl sites for hydroxylation is 1. The zero-order chi connectivity index (χ0) is 12.8. The molecule has 0 fully saturated rings. The molecular weight excluding hydrogens is 210 g/mol. The Labute approximate surface area is 105 Å². The predicted molar refractivity (Wildman–Crippen MR) is 76.6 cm³/mol. The van der Waals surface area contributed by atoms with Gasteiger partial charge in [0.1, 0.15) is 0 Å². The van der Waals surface area contributed by atoms with Crippen LogP contribution in [0, 0.1) is 6.92 Å². The highest BCUT2D eigenvalue weighted by Crippen LogP contribution is 2.20. The van der Waals surface area contributed by atoms with E-state index in [1.54, 1.807) is 0 Å². The van der Waals surface area contributed by atoms with Crippen molar-refractivity contribution in [3.63, 3.8) is 0 Å². The lowest BCUT2D eigenvalue weighted by Gasteiger charge is -2.25. The predicted octanol–water partition coefficient (Wildman–Crippen LogP) is 2.36. The zero-order valence-corrected chi connectivity index (χ0v) is 11.5. The Hall–Kier alpha value is -1.22. The van der Waals surface area contributed by atoms with Crippen LogP contribution in [-0.2, 0) is 0 Å². The van der Waals surface area contributed by atoms with Crippen LogP contribution in [0.4, 0.5) is 11.4 Å². The molecule has 0 saturated carbocycles.